The standard InChI is InChI=1S/C26H34N2O3/c1-4-28(5-2)19-15-13-18(14-16-19)24-23(26(30)31-20-9-6-7-10-20)17(3)27-21-11-8-12-22(29)25(21)24/h13-16,20,24,27H,4-12H2,1-3H3/t24-/m0/s1. The van der Waals surface area contributed by atoms with Crippen molar-refractivity contribution in [3.05, 3.63) is 52.4 Å². The second kappa shape index (κ2) is 9.29. The van der Waals surface area contributed by atoms with Crippen LogP contribution in [0.5, 0.6) is 0 Å². The van der Waals surface area contributed by atoms with Gasteiger partial charge in [0.15, 0.2) is 5.78 Å². The summed E-state index contributed by atoms with van der Waals surface area (Å²) in [6.45, 7) is 8.10. The van der Waals surface area contributed by atoms with Crippen molar-refractivity contribution in [1.29, 1.82) is 0 Å². The first kappa shape index (κ1) is 21.7. The van der Waals surface area contributed by atoms with Crippen LogP contribution < -0.4 is 10.2 Å². The molecule has 2 aliphatic carbocycles. The van der Waals surface area contributed by atoms with Gasteiger partial charge in [0, 0.05) is 48.1 Å². The van der Waals surface area contributed by atoms with Gasteiger partial charge in [0.1, 0.15) is 6.10 Å². The fraction of sp³-hybridized carbons (Fsp3) is 0.538. The van der Waals surface area contributed by atoms with Crippen LogP contribution >= 0.6 is 0 Å². The van der Waals surface area contributed by atoms with Crippen molar-refractivity contribution in [2.75, 3.05) is 18.0 Å². The molecule has 0 bridgehead atoms. The summed E-state index contributed by atoms with van der Waals surface area (Å²) in [6, 6.07) is 8.36. The highest BCUT2D eigenvalue weighted by molar-refractivity contribution is 6.03. The quantitative estimate of drug-likeness (QED) is 0.655. The number of carbonyl (C=O) groups excluding carboxylic acids is 2. The molecule has 5 heteroatoms. The van der Waals surface area contributed by atoms with Gasteiger partial charge >= 0.3 is 5.97 Å². The lowest BCUT2D eigenvalue weighted by Gasteiger charge is -2.34. The first-order chi connectivity index (χ1) is 15.0. The van der Waals surface area contributed by atoms with E-state index < -0.39 is 0 Å². The molecule has 1 fully saturated rings. The van der Waals surface area contributed by atoms with E-state index in [0.29, 0.717) is 12.0 Å². The third-order valence-corrected chi connectivity index (χ3v) is 6.93. The molecule has 1 aromatic rings. The fourth-order valence-electron chi connectivity index (χ4n) is 5.27. The number of ketones is 1. The van der Waals surface area contributed by atoms with Crippen LogP contribution in [0.1, 0.15) is 77.2 Å². The zero-order valence-electron chi connectivity index (χ0n) is 19.0. The minimum absolute atomic E-state index is 0.00377. The number of nitrogens with one attached hydrogen (secondary N) is 1. The Kier molecular flexibility index (Phi) is 6.49. The van der Waals surface area contributed by atoms with E-state index in [1.807, 2.05) is 6.92 Å². The van der Waals surface area contributed by atoms with E-state index in [2.05, 4.69) is 48.3 Å². The van der Waals surface area contributed by atoms with E-state index in [-0.39, 0.29) is 23.8 Å². The maximum atomic E-state index is 13.3. The lowest BCUT2D eigenvalue weighted by molar-refractivity contribution is -0.144. The van der Waals surface area contributed by atoms with Crippen molar-refractivity contribution < 1.29 is 14.3 Å². The number of rotatable bonds is 6. The van der Waals surface area contributed by atoms with E-state index in [4.69, 9.17) is 4.74 Å². The normalized spacial score (nSPS) is 21.8. The highest BCUT2D eigenvalue weighted by Gasteiger charge is 2.39. The first-order valence-corrected chi connectivity index (χ1v) is 11.8. The topological polar surface area (TPSA) is 58.6 Å². The Morgan fingerprint density at radius 2 is 1.74 bits per heavy atom. The lowest BCUT2D eigenvalue weighted by Crippen LogP contribution is -2.35. The molecular weight excluding hydrogens is 388 g/mol. The number of nitrogens with zero attached hydrogens (tertiary/aromatic N) is 1. The van der Waals surface area contributed by atoms with Crippen LogP contribution in [0.25, 0.3) is 0 Å². The molecular formula is C26H34N2O3. The predicted molar refractivity (Wildman–Crippen MR) is 123 cm³/mol. The number of ether oxygens (including phenoxy) is 1. The van der Waals surface area contributed by atoms with Gasteiger partial charge in [0.05, 0.1) is 5.57 Å². The Morgan fingerprint density at radius 3 is 2.39 bits per heavy atom. The molecule has 0 unspecified atom stereocenters. The Morgan fingerprint density at radius 1 is 1.06 bits per heavy atom. The van der Waals surface area contributed by atoms with Gasteiger partial charge in [0.2, 0.25) is 0 Å². The molecule has 0 radical (unpaired) electrons. The number of esters is 1. The molecule has 1 aliphatic heterocycles. The number of hydrogen-bond acceptors (Lipinski definition) is 5. The van der Waals surface area contributed by atoms with Crippen LogP contribution in [0, 0.1) is 0 Å². The van der Waals surface area contributed by atoms with Gasteiger partial charge in [0.25, 0.3) is 0 Å². The second-order valence-corrected chi connectivity index (χ2v) is 8.84. The van der Waals surface area contributed by atoms with Gasteiger partial charge in [-0.05, 0) is 77.0 Å². The summed E-state index contributed by atoms with van der Waals surface area (Å²) < 4.78 is 5.91. The summed E-state index contributed by atoms with van der Waals surface area (Å²) in [5.41, 5.74) is 5.28. The Balaban J connectivity index is 1.72. The second-order valence-electron chi connectivity index (χ2n) is 8.84. The molecule has 5 nitrogen and oxygen atoms in total. The number of Topliss-reactive ketones (excluding diaryl/α,β-unsaturated/α-hetero) is 1. The Labute approximate surface area is 185 Å². The maximum absolute atomic E-state index is 13.3. The SMILES string of the molecule is CCN(CC)c1ccc([C@H]2C(C(=O)OC3CCCC3)=C(C)NC3=C2C(=O)CCC3)cc1. The number of hydrogen-bond donors (Lipinski definition) is 1. The molecule has 1 aromatic carbocycles. The highest BCUT2D eigenvalue weighted by atomic mass is 16.5. The first-order valence-electron chi connectivity index (χ1n) is 11.8. The number of carbonyl (C=O) groups is 2. The van der Waals surface area contributed by atoms with Crippen molar-refractivity contribution in [2.45, 2.75) is 77.7 Å². The van der Waals surface area contributed by atoms with Gasteiger partial charge in [-0.25, -0.2) is 4.79 Å². The smallest absolute Gasteiger partial charge is 0.337 e. The van der Waals surface area contributed by atoms with Gasteiger partial charge in [-0.3, -0.25) is 4.79 Å². The van der Waals surface area contributed by atoms with Crippen LogP contribution in [-0.4, -0.2) is 30.9 Å². The van der Waals surface area contributed by atoms with Crippen LogP contribution in [0.4, 0.5) is 5.69 Å². The van der Waals surface area contributed by atoms with Crippen LogP contribution in [0.15, 0.2) is 46.8 Å². The van der Waals surface area contributed by atoms with Crippen molar-refractivity contribution in [2.24, 2.45) is 0 Å². The molecule has 3 aliphatic rings. The molecule has 1 saturated carbocycles. The number of benzene rings is 1. The molecule has 1 N–H and O–H groups in total. The van der Waals surface area contributed by atoms with Gasteiger partial charge < -0.3 is 15.0 Å². The van der Waals surface area contributed by atoms with Gasteiger partial charge in [-0.2, -0.15) is 0 Å². The van der Waals surface area contributed by atoms with E-state index in [9.17, 15) is 9.59 Å². The number of dihydropyridines is 1. The number of anilines is 1. The van der Waals surface area contributed by atoms with E-state index in [0.717, 1.165) is 79.8 Å². The molecule has 0 amide bonds. The van der Waals surface area contributed by atoms with Crippen molar-refractivity contribution in [3.63, 3.8) is 0 Å². The zero-order chi connectivity index (χ0) is 22.0. The molecule has 0 saturated heterocycles. The molecule has 1 heterocycles. The Hall–Kier alpha value is -2.56. The van der Waals surface area contributed by atoms with Gasteiger partial charge in [-0.1, -0.05) is 12.1 Å². The van der Waals surface area contributed by atoms with Crippen molar-refractivity contribution in [1.82, 2.24) is 5.32 Å². The van der Waals surface area contributed by atoms with Crippen LogP contribution in [0.2, 0.25) is 0 Å². The summed E-state index contributed by atoms with van der Waals surface area (Å²) in [6.07, 6.45) is 6.32. The Bertz CT molecular complexity index is 903. The largest absolute Gasteiger partial charge is 0.459 e. The van der Waals surface area contributed by atoms with Crippen LogP contribution in [0.3, 0.4) is 0 Å². The highest BCUT2D eigenvalue weighted by Crippen LogP contribution is 2.43. The molecule has 31 heavy (non-hydrogen) atoms. The fourth-order valence-corrected chi connectivity index (χ4v) is 5.27. The van der Waals surface area contributed by atoms with Crippen molar-refractivity contribution in [3.8, 4) is 0 Å². The molecule has 166 valence electrons. The van der Waals surface area contributed by atoms with Crippen LogP contribution in [-0.2, 0) is 14.3 Å². The summed E-state index contributed by atoms with van der Waals surface area (Å²) in [5, 5.41) is 3.38. The van der Waals surface area contributed by atoms with E-state index in [1.165, 1.54) is 0 Å². The third kappa shape index (κ3) is 4.28. The average Bonchev–Trinajstić information content (AvgIpc) is 3.27. The summed E-state index contributed by atoms with van der Waals surface area (Å²) in [5.74, 6) is -0.492. The predicted octanol–water partition coefficient (Wildman–Crippen LogP) is 4.99. The minimum Gasteiger partial charge on any atom is -0.459 e. The minimum atomic E-state index is -0.358. The molecule has 4 rings (SSSR count). The molecule has 1 atom stereocenters. The molecule has 0 spiro atoms. The number of allylic oxidation sites excluding steroid dienone is 3. The monoisotopic (exact) mass is 422 g/mol. The summed E-state index contributed by atoms with van der Waals surface area (Å²) in [4.78, 5) is 28.6. The third-order valence-electron chi connectivity index (χ3n) is 6.93. The van der Waals surface area contributed by atoms with E-state index in [1.54, 1.807) is 0 Å². The summed E-state index contributed by atoms with van der Waals surface area (Å²) in [7, 11) is 0. The lowest BCUT2D eigenvalue weighted by atomic mass is 9.75. The summed E-state index contributed by atoms with van der Waals surface area (Å²) >= 11 is 0. The van der Waals surface area contributed by atoms with Gasteiger partial charge in [-0.15, -0.1) is 0 Å². The van der Waals surface area contributed by atoms with Crippen molar-refractivity contribution >= 4 is 17.4 Å². The molecule has 0 aromatic heterocycles. The zero-order valence-corrected chi connectivity index (χ0v) is 19.0. The van der Waals surface area contributed by atoms with E-state index >= 15 is 0 Å². The average molecular weight is 423 g/mol. The maximum Gasteiger partial charge on any atom is 0.337 e.